The molecule has 1 rings (SSSR count). The molecule has 0 unspecified atom stereocenters. The van der Waals surface area contributed by atoms with E-state index in [1.54, 1.807) is 0 Å². The molecule has 0 saturated carbocycles. The molecule has 0 fully saturated rings. The molecule has 5 heteroatoms. The second-order valence-corrected chi connectivity index (χ2v) is 5.76. The molecular formula is C19H30O5. The quantitative estimate of drug-likeness (QED) is 0.434. The molecule has 0 aliphatic heterocycles. The van der Waals surface area contributed by atoms with Crippen molar-refractivity contribution >= 4 is 11.6 Å². The highest BCUT2D eigenvalue weighted by Gasteiger charge is 2.34. The third-order valence-electron chi connectivity index (χ3n) is 4.13. The van der Waals surface area contributed by atoms with Crippen LogP contribution < -0.4 is 0 Å². The van der Waals surface area contributed by atoms with Crippen LogP contribution in [0.2, 0.25) is 0 Å². The van der Waals surface area contributed by atoms with Gasteiger partial charge in [0.05, 0.1) is 18.3 Å². The van der Waals surface area contributed by atoms with Gasteiger partial charge in [-0.15, -0.1) is 0 Å². The summed E-state index contributed by atoms with van der Waals surface area (Å²) in [5.41, 5.74) is 0.502. The fourth-order valence-electron chi connectivity index (χ4n) is 2.74. The predicted molar refractivity (Wildman–Crippen MR) is 92.4 cm³/mol. The summed E-state index contributed by atoms with van der Waals surface area (Å²) in [6, 6.07) is 0. The average Bonchev–Trinajstić information content (AvgIpc) is 2.63. The summed E-state index contributed by atoms with van der Waals surface area (Å²) in [7, 11) is -1.66. The molecule has 0 aromatic rings. The summed E-state index contributed by atoms with van der Waals surface area (Å²) in [4.78, 5) is 25.1. The van der Waals surface area contributed by atoms with E-state index in [0.717, 1.165) is 25.7 Å². The molecule has 1 aliphatic rings. The molecule has 0 spiro atoms. The molecule has 0 saturated heterocycles. The van der Waals surface area contributed by atoms with E-state index >= 15 is 0 Å². The van der Waals surface area contributed by atoms with Crippen LogP contribution in [0.5, 0.6) is 0 Å². The molecular weight excluding hydrogens is 308 g/mol. The van der Waals surface area contributed by atoms with Crippen LogP contribution in [0.25, 0.3) is 0 Å². The van der Waals surface area contributed by atoms with Crippen LogP contribution in [0.4, 0.5) is 0 Å². The van der Waals surface area contributed by atoms with Crippen molar-refractivity contribution in [3.8, 4) is 0 Å². The molecule has 24 heavy (non-hydrogen) atoms. The number of Topliss-reactive ketones (excluding diaryl/α,β-unsaturated/α-hetero) is 2. The Morgan fingerprint density at radius 2 is 1.54 bits per heavy atom. The Morgan fingerprint density at radius 3 is 2.12 bits per heavy atom. The summed E-state index contributed by atoms with van der Waals surface area (Å²) in [5.74, 6) is -2.10. The molecule has 0 radical (unpaired) electrons. The van der Waals surface area contributed by atoms with Crippen LogP contribution in [0.1, 0.15) is 71.5 Å². The van der Waals surface area contributed by atoms with Crippen molar-refractivity contribution < 1.29 is 31.0 Å². The monoisotopic (exact) mass is 343 g/mol. The SMILES string of the molecule is [2H]C([2H])(CO)CCCCCCCCC1=C(C)C(=O)C(OC([2H])([2H])[2H])=C(OC)C1=O. The lowest BCUT2D eigenvalue weighted by Gasteiger charge is -2.20. The number of hydrogen-bond acceptors (Lipinski definition) is 5. The number of ketones is 2. The lowest BCUT2D eigenvalue weighted by Crippen LogP contribution is -2.25. The van der Waals surface area contributed by atoms with Crippen molar-refractivity contribution in [1.29, 1.82) is 0 Å². The first kappa shape index (κ1) is 13.6. The highest BCUT2D eigenvalue weighted by Crippen LogP contribution is 2.28. The zero-order chi connectivity index (χ0) is 22.2. The first-order valence-corrected chi connectivity index (χ1v) is 8.31. The van der Waals surface area contributed by atoms with Gasteiger partial charge in [-0.1, -0.05) is 38.5 Å². The Morgan fingerprint density at radius 1 is 0.958 bits per heavy atom. The third kappa shape index (κ3) is 5.48. The lowest BCUT2D eigenvalue weighted by atomic mass is 9.89. The van der Waals surface area contributed by atoms with Gasteiger partial charge in [0.1, 0.15) is 0 Å². The second-order valence-electron chi connectivity index (χ2n) is 5.76. The maximum absolute atomic E-state index is 12.6. The molecule has 0 heterocycles. The van der Waals surface area contributed by atoms with Crippen LogP contribution in [-0.4, -0.2) is 37.4 Å². The first-order chi connectivity index (χ1) is 13.4. The van der Waals surface area contributed by atoms with E-state index in [4.69, 9.17) is 21.4 Å². The standard InChI is InChI=1S/C19H30O5/c1-14-15(12-10-8-6-4-5-7-9-11-13-20)17(22)19(24-3)18(23-2)16(14)21/h20H,4-13H2,1-3H3/i2D3,11D2. The summed E-state index contributed by atoms with van der Waals surface area (Å²) in [5, 5.41) is 8.88. The van der Waals surface area contributed by atoms with Gasteiger partial charge in [-0.2, -0.15) is 0 Å². The largest absolute Gasteiger partial charge is 0.489 e. The maximum Gasteiger partial charge on any atom is 0.228 e. The van der Waals surface area contributed by atoms with Gasteiger partial charge in [0.25, 0.3) is 0 Å². The van der Waals surface area contributed by atoms with Crippen molar-refractivity contribution in [3.63, 3.8) is 0 Å². The predicted octanol–water partition coefficient (Wildman–Crippen LogP) is 3.46. The van der Waals surface area contributed by atoms with E-state index in [1.165, 1.54) is 14.0 Å². The fraction of sp³-hybridized carbons (Fsp3) is 0.684. The van der Waals surface area contributed by atoms with E-state index in [2.05, 4.69) is 0 Å². The van der Waals surface area contributed by atoms with Crippen molar-refractivity contribution in [2.24, 2.45) is 0 Å². The Kier molecular flexibility index (Phi) is 6.27. The number of hydrogen-bond donors (Lipinski definition) is 1. The Bertz CT molecular complexity index is 664. The van der Waals surface area contributed by atoms with E-state index < -0.39 is 37.3 Å². The molecule has 0 aromatic carbocycles. The van der Waals surface area contributed by atoms with Crippen LogP contribution in [0.15, 0.2) is 22.7 Å². The van der Waals surface area contributed by atoms with Gasteiger partial charge in [-0.05, 0) is 26.1 Å². The molecule has 0 atom stereocenters. The van der Waals surface area contributed by atoms with E-state index in [-0.39, 0.29) is 11.3 Å². The molecule has 0 amide bonds. The van der Waals surface area contributed by atoms with Gasteiger partial charge in [-0.25, -0.2) is 0 Å². The normalized spacial score (nSPS) is 19.5. The van der Waals surface area contributed by atoms with Gasteiger partial charge in [0, 0.05) is 20.5 Å². The topological polar surface area (TPSA) is 72.8 Å². The highest BCUT2D eigenvalue weighted by molar-refractivity contribution is 6.23. The van der Waals surface area contributed by atoms with E-state index in [0.29, 0.717) is 31.3 Å². The summed E-state index contributed by atoms with van der Waals surface area (Å²) in [6.45, 7) is 1.02. The number of carbonyl (C=O) groups excluding carboxylic acids is 2. The van der Waals surface area contributed by atoms with Crippen LogP contribution >= 0.6 is 0 Å². The Labute approximate surface area is 151 Å². The molecule has 1 aliphatic carbocycles. The number of aliphatic hydroxyl groups excluding tert-OH is 1. The number of methoxy groups -OCH3 is 2. The van der Waals surface area contributed by atoms with Gasteiger partial charge in [0.15, 0.2) is 0 Å². The number of unbranched alkanes of at least 4 members (excludes halogenated alkanes) is 5. The van der Waals surface area contributed by atoms with E-state index in [9.17, 15) is 9.59 Å². The van der Waals surface area contributed by atoms with Crippen LogP contribution in [0, 0.1) is 0 Å². The lowest BCUT2D eigenvalue weighted by molar-refractivity contribution is -0.121. The van der Waals surface area contributed by atoms with Crippen LogP contribution in [0.3, 0.4) is 0 Å². The number of ether oxygens (including phenoxy) is 2. The van der Waals surface area contributed by atoms with E-state index in [1.807, 2.05) is 0 Å². The van der Waals surface area contributed by atoms with Gasteiger partial charge in [-0.3, -0.25) is 9.59 Å². The number of rotatable bonds is 12. The zero-order valence-corrected chi connectivity index (χ0v) is 14.4. The first-order valence-electron chi connectivity index (χ1n) is 10.8. The minimum Gasteiger partial charge on any atom is -0.489 e. The van der Waals surface area contributed by atoms with Crippen LogP contribution in [-0.2, 0) is 19.1 Å². The average molecular weight is 343 g/mol. The van der Waals surface area contributed by atoms with Gasteiger partial charge in [0.2, 0.25) is 23.1 Å². The molecule has 0 bridgehead atoms. The van der Waals surface area contributed by atoms with Gasteiger partial charge < -0.3 is 14.6 Å². The Hall–Kier alpha value is -1.62. The summed E-state index contributed by atoms with van der Waals surface area (Å²) < 4.78 is 46.1. The van der Waals surface area contributed by atoms with Crippen molar-refractivity contribution in [3.05, 3.63) is 22.7 Å². The third-order valence-corrected chi connectivity index (χ3v) is 4.13. The highest BCUT2D eigenvalue weighted by atomic mass is 16.5. The summed E-state index contributed by atoms with van der Waals surface area (Å²) >= 11 is 0. The van der Waals surface area contributed by atoms with Crippen molar-refractivity contribution in [1.82, 2.24) is 0 Å². The second kappa shape index (κ2) is 11.0. The summed E-state index contributed by atoms with van der Waals surface area (Å²) in [6.07, 6.45) is 4.14. The number of allylic oxidation sites excluding steroid dienone is 2. The minimum absolute atomic E-state index is 0.182. The zero-order valence-electron chi connectivity index (χ0n) is 19.4. The van der Waals surface area contributed by atoms with Crippen molar-refractivity contribution in [2.75, 3.05) is 20.8 Å². The fourth-order valence-corrected chi connectivity index (χ4v) is 2.74. The molecule has 0 aromatic heterocycles. The molecule has 5 nitrogen and oxygen atoms in total. The minimum atomic E-state index is -2.86. The van der Waals surface area contributed by atoms with Crippen molar-refractivity contribution in [2.45, 2.75) is 64.7 Å². The number of carbonyl (C=O) groups is 2. The van der Waals surface area contributed by atoms with Gasteiger partial charge >= 0.3 is 0 Å². The number of aliphatic hydroxyl groups is 1. The Balaban J connectivity index is 2.53. The molecule has 1 N–H and O–H groups in total. The molecule has 136 valence electrons. The smallest absolute Gasteiger partial charge is 0.228 e. The maximum atomic E-state index is 12.6.